The van der Waals surface area contributed by atoms with Crippen LogP contribution in [0.5, 0.6) is 0 Å². The van der Waals surface area contributed by atoms with Gasteiger partial charge in [0, 0.05) is 17.5 Å². The molecule has 1 saturated heterocycles. The maximum atomic E-state index is 13.7. The summed E-state index contributed by atoms with van der Waals surface area (Å²) < 4.78 is 7.76. The van der Waals surface area contributed by atoms with Crippen molar-refractivity contribution in [1.82, 2.24) is 14.5 Å². The lowest BCUT2D eigenvalue weighted by Crippen LogP contribution is -2.40. The molecular formula is C27H27Cl2N3O2. The molecule has 7 heteroatoms. The van der Waals surface area contributed by atoms with Gasteiger partial charge < -0.3 is 14.2 Å². The van der Waals surface area contributed by atoms with Crippen LogP contribution in [-0.4, -0.2) is 34.0 Å². The van der Waals surface area contributed by atoms with Crippen molar-refractivity contribution in [2.24, 2.45) is 5.92 Å². The van der Waals surface area contributed by atoms with Crippen LogP contribution in [-0.2, 0) is 4.74 Å². The Labute approximate surface area is 209 Å². The highest BCUT2D eigenvalue weighted by atomic mass is 35.5. The predicted molar refractivity (Wildman–Crippen MR) is 136 cm³/mol. The summed E-state index contributed by atoms with van der Waals surface area (Å²) in [5.41, 5.74) is 2.47. The van der Waals surface area contributed by atoms with Gasteiger partial charge >= 0.3 is 0 Å². The summed E-state index contributed by atoms with van der Waals surface area (Å²) in [4.78, 5) is 20.7. The molecule has 1 amide bonds. The van der Waals surface area contributed by atoms with Gasteiger partial charge in [0.1, 0.15) is 11.6 Å². The molecule has 34 heavy (non-hydrogen) atoms. The fourth-order valence-electron chi connectivity index (χ4n) is 5.11. The Morgan fingerprint density at radius 3 is 2.74 bits per heavy atom. The first-order valence-corrected chi connectivity index (χ1v) is 12.4. The summed E-state index contributed by atoms with van der Waals surface area (Å²) in [6, 6.07) is 13.2. The van der Waals surface area contributed by atoms with E-state index in [1.807, 2.05) is 29.2 Å². The smallest absolute Gasteiger partial charge is 0.255 e. The highest BCUT2D eigenvalue weighted by molar-refractivity contribution is 6.36. The number of fused-ring (bicyclic) bond motifs is 1. The van der Waals surface area contributed by atoms with Crippen LogP contribution >= 0.6 is 23.2 Å². The molecule has 1 fully saturated rings. The first-order valence-electron chi connectivity index (χ1n) is 11.6. The molecule has 0 bridgehead atoms. The predicted octanol–water partition coefficient (Wildman–Crippen LogP) is 6.99. The molecule has 0 N–H and O–H groups in total. The second kappa shape index (κ2) is 9.47. The summed E-state index contributed by atoms with van der Waals surface area (Å²) in [6.45, 7) is 2.85. The summed E-state index contributed by atoms with van der Waals surface area (Å²) in [5.74, 6) is 1.89. The van der Waals surface area contributed by atoms with Crippen molar-refractivity contribution in [1.29, 1.82) is 0 Å². The Morgan fingerprint density at radius 2 is 1.97 bits per heavy atom. The Kier molecular flexibility index (Phi) is 6.41. The highest BCUT2D eigenvalue weighted by Gasteiger charge is 2.35. The van der Waals surface area contributed by atoms with Crippen molar-refractivity contribution in [3.05, 3.63) is 87.9 Å². The molecule has 0 radical (unpaired) electrons. The molecule has 5 rings (SSSR count). The number of halogens is 2. The number of amides is 1. The minimum absolute atomic E-state index is 0.0688. The normalized spacial score (nSPS) is 22.6. The van der Waals surface area contributed by atoms with E-state index < -0.39 is 0 Å². The number of carbonyl (C=O) groups is 1. The minimum atomic E-state index is -0.145. The van der Waals surface area contributed by atoms with E-state index in [0.29, 0.717) is 22.2 Å². The number of ether oxygens (including phenoxy) is 1. The maximum Gasteiger partial charge on any atom is 0.255 e. The number of hydrogen-bond acceptors (Lipinski definition) is 3. The van der Waals surface area contributed by atoms with Crippen LogP contribution < -0.4 is 0 Å². The zero-order valence-electron chi connectivity index (χ0n) is 19.2. The van der Waals surface area contributed by atoms with E-state index >= 15 is 0 Å². The van der Waals surface area contributed by atoms with Gasteiger partial charge in [-0.05, 0) is 61.7 Å². The van der Waals surface area contributed by atoms with Crippen LogP contribution in [0.4, 0.5) is 0 Å². The number of carbonyl (C=O) groups excluding carboxylic acids is 1. The highest BCUT2D eigenvalue weighted by Crippen LogP contribution is 2.39. The van der Waals surface area contributed by atoms with E-state index in [-0.39, 0.29) is 23.9 Å². The number of nitrogens with zero attached hydrogens (tertiary/aromatic N) is 3. The molecular weight excluding hydrogens is 469 g/mol. The van der Waals surface area contributed by atoms with Crippen molar-refractivity contribution < 1.29 is 9.53 Å². The molecule has 1 aromatic heterocycles. The van der Waals surface area contributed by atoms with E-state index in [1.54, 1.807) is 25.3 Å². The molecule has 0 saturated carbocycles. The lowest BCUT2D eigenvalue weighted by molar-refractivity contribution is 0.0594. The Balaban J connectivity index is 1.60. The molecule has 5 nitrogen and oxygen atoms in total. The quantitative estimate of drug-likeness (QED) is 0.391. The molecule has 1 aliphatic carbocycles. The van der Waals surface area contributed by atoms with E-state index in [4.69, 9.17) is 32.9 Å². The topological polar surface area (TPSA) is 47.4 Å². The van der Waals surface area contributed by atoms with Gasteiger partial charge in [-0.25, -0.2) is 4.98 Å². The number of methoxy groups -OCH3 is 1. The molecule has 0 spiro atoms. The SMILES string of the molecule is COC1=CC(C)C(n2c(C3CCCCN3C(=O)c3ccc(Cl)cc3Cl)nc3ccccc32)C=C1. The molecule has 3 unspecified atom stereocenters. The number of hydrogen-bond donors (Lipinski definition) is 0. The Hall–Kier alpha value is -2.76. The number of imidazole rings is 1. The molecule has 3 aromatic rings. The zero-order valence-corrected chi connectivity index (χ0v) is 20.8. The molecule has 3 atom stereocenters. The van der Waals surface area contributed by atoms with Crippen LogP contribution in [0, 0.1) is 5.92 Å². The largest absolute Gasteiger partial charge is 0.497 e. The van der Waals surface area contributed by atoms with Gasteiger partial charge in [-0.3, -0.25) is 4.79 Å². The van der Waals surface area contributed by atoms with E-state index in [2.05, 4.69) is 29.7 Å². The number of para-hydroxylation sites is 2. The van der Waals surface area contributed by atoms with Crippen molar-refractivity contribution in [2.45, 2.75) is 38.3 Å². The van der Waals surface area contributed by atoms with Gasteiger partial charge in [0.2, 0.25) is 0 Å². The zero-order chi connectivity index (χ0) is 23.8. The van der Waals surface area contributed by atoms with E-state index in [9.17, 15) is 4.79 Å². The Bertz CT molecular complexity index is 1300. The fourth-order valence-corrected chi connectivity index (χ4v) is 5.60. The standard InChI is InChI=1S/C27H27Cl2N3O2/c1-17-15-19(34-2)11-13-23(17)32-24-8-4-3-7-22(24)30-26(32)25-9-5-6-14-31(25)27(33)20-12-10-18(28)16-21(20)29/h3-4,7-8,10-13,15-17,23,25H,5-6,9,14H2,1-2H3. The first-order chi connectivity index (χ1) is 16.5. The van der Waals surface area contributed by atoms with Crippen molar-refractivity contribution in [3.63, 3.8) is 0 Å². The summed E-state index contributed by atoms with van der Waals surface area (Å²) in [7, 11) is 1.69. The molecule has 176 valence electrons. The lowest BCUT2D eigenvalue weighted by atomic mass is 9.94. The number of piperidine rings is 1. The fraction of sp³-hybridized carbons (Fsp3) is 0.333. The van der Waals surface area contributed by atoms with Crippen molar-refractivity contribution in [2.75, 3.05) is 13.7 Å². The summed E-state index contributed by atoms with van der Waals surface area (Å²) >= 11 is 12.5. The molecule has 2 aliphatic rings. The second-order valence-corrected chi connectivity index (χ2v) is 9.79. The van der Waals surface area contributed by atoms with Gasteiger partial charge in [-0.2, -0.15) is 0 Å². The maximum absolute atomic E-state index is 13.7. The molecule has 2 heterocycles. The monoisotopic (exact) mass is 495 g/mol. The average molecular weight is 496 g/mol. The number of rotatable bonds is 4. The van der Waals surface area contributed by atoms with Gasteiger partial charge in [-0.15, -0.1) is 0 Å². The Morgan fingerprint density at radius 1 is 1.15 bits per heavy atom. The van der Waals surface area contributed by atoms with Crippen LogP contribution in [0.15, 0.2) is 66.5 Å². The second-order valence-electron chi connectivity index (χ2n) is 8.94. The van der Waals surface area contributed by atoms with Crippen LogP contribution in [0.2, 0.25) is 10.0 Å². The van der Waals surface area contributed by atoms with Crippen LogP contribution in [0.3, 0.4) is 0 Å². The third kappa shape index (κ3) is 4.12. The van der Waals surface area contributed by atoms with Crippen molar-refractivity contribution in [3.8, 4) is 0 Å². The minimum Gasteiger partial charge on any atom is -0.497 e. The van der Waals surface area contributed by atoms with Gasteiger partial charge in [-0.1, -0.05) is 48.3 Å². The number of aromatic nitrogens is 2. The van der Waals surface area contributed by atoms with Crippen molar-refractivity contribution >= 4 is 40.1 Å². The number of likely N-dealkylation sites (tertiary alicyclic amines) is 1. The third-order valence-corrected chi connectivity index (χ3v) is 7.35. The number of benzene rings is 2. The van der Waals surface area contributed by atoms with Crippen LogP contribution in [0.25, 0.3) is 11.0 Å². The van der Waals surface area contributed by atoms with Gasteiger partial charge in [0.05, 0.1) is 40.8 Å². The van der Waals surface area contributed by atoms with E-state index in [1.165, 1.54) is 0 Å². The summed E-state index contributed by atoms with van der Waals surface area (Å²) in [6.07, 6.45) is 9.17. The van der Waals surface area contributed by atoms with Crippen LogP contribution in [0.1, 0.15) is 54.5 Å². The first kappa shape index (κ1) is 23.0. The third-order valence-electron chi connectivity index (χ3n) is 6.80. The number of allylic oxidation sites excluding steroid dienone is 3. The van der Waals surface area contributed by atoms with Gasteiger partial charge in [0.15, 0.2) is 0 Å². The molecule has 1 aliphatic heterocycles. The van der Waals surface area contributed by atoms with E-state index in [0.717, 1.165) is 41.9 Å². The van der Waals surface area contributed by atoms with Gasteiger partial charge in [0.25, 0.3) is 5.91 Å². The molecule has 2 aromatic carbocycles. The summed E-state index contributed by atoms with van der Waals surface area (Å²) in [5, 5.41) is 0.886. The average Bonchev–Trinajstić information content (AvgIpc) is 3.23. The lowest BCUT2D eigenvalue weighted by Gasteiger charge is -2.37.